The van der Waals surface area contributed by atoms with Crippen molar-refractivity contribution >= 4 is 29.3 Å². The van der Waals surface area contributed by atoms with E-state index in [1.807, 2.05) is 31.2 Å². The molecule has 0 aromatic heterocycles. The zero-order valence-electron chi connectivity index (χ0n) is 15.5. The third kappa shape index (κ3) is 4.01. The number of amides is 1. The Labute approximate surface area is 161 Å². The second-order valence-corrected chi connectivity index (χ2v) is 5.79. The van der Waals surface area contributed by atoms with Crippen molar-refractivity contribution in [3.8, 4) is 5.75 Å². The third-order valence-electron chi connectivity index (χ3n) is 3.93. The summed E-state index contributed by atoms with van der Waals surface area (Å²) in [5.41, 5.74) is 1.46. The highest BCUT2D eigenvalue weighted by atomic mass is 16.6. The van der Waals surface area contributed by atoms with Crippen LogP contribution in [0.25, 0.3) is 6.08 Å². The first-order chi connectivity index (χ1) is 13.5. The van der Waals surface area contributed by atoms with E-state index in [4.69, 9.17) is 9.47 Å². The van der Waals surface area contributed by atoms with Crippen LogP contribution >= 0.6 is 0 Å². The zero-order chi connectivity index (χ0) is 20.1. The van der Waals surface area contributed by atoms with Crippen LogP contribution in [0.15, 0.2) is 59.2 Å². The van der Waals surface area contributed by atoms with Crippen LogP contribution in [0.5, 0.6) is 5.75 Å². The number of benzene rings is 2. The molecule has 28 heavy (non-hydrogen) atoms. The maximum atomic E-state index is 12.9. The first kappa shape index (κ1) is 19.1. The van der Waals surface area contributed by atoms with Crippen molar-refractivity contribution in [2.75, 3.05) is 18.2 Å². The van der Waals surface area contributed by atoms with Gasteiger partial charge in [-0.05, 0) is 49.8 Å². The number of hydrogen-bond donors (Lipinski definition) is 0. The number of carbonyl (C=O) groups is 1. The lowest BCUT2D eigenvalue weighted by atomic mass is 10.1. The van der Waals surface area contributed by atoms with Crippen molar-refractivity contribution < 1.29 is 19.2 Å². The number of rotatable bonds is 6. The van der Waals surface area contributed by atoms with Gasteiger partial charge in [-0.2, -0.15) is 5.01 Å². The fourth-order valence-electron chi connectivity index (χ4n) is 2.65. The molecule has 0 saturated heterocycles. The van der Waals surface area contributed by atoms with Gasteiger partial charge in [0.15, 0.2) is 0 Å². The molecule has 0 atom stereocenters. The molecular formula is C20H19N3O5. The average molecular weight is 381 g/mol. The topological polar surface area (TPSA) is 94.3 Å². The highest BCUT2D eigenvalue weighted by Gasteiger charge is 2.32. The molecule has 0 bridgehead atoms. The van der Waals surface area contributed by atoms with Crippen LogP contribution in [0.3, 0.4) is 0 Å². The molecule has 1 heterocycles. The summed E-state index contributed by atoms with van der Waals surface area (Å²) in [6.45, 7) is 4.63. The Morgan fingerprint density at radius 2 is 1.68 bits per heavy atom. The Hall–Kier alpha value is -3.68. The smallest absolute Gasteiger partial charge is 0.284 e. The minimum Gasteiger partial charge on any atom is -0.494 e. The molecule has 0 radical (unpaired) electrons. The van der Waals surface area contributed by atoms with Gasteiger partial charge in [0.05, 0.1) is 23.8 Å². The largest absolute Gasteiger partial charge is 0.494 e. The Bertz CT molecular complexity index is 933. The fourth-order valence-corrected chi connectivity index (χ4v) is 2.65. The molecule has 8 nitrogen and oxygen atoms in total. The number of carbonyl (C=O) groups excluding carboxylic acids is 1. The summed E-state index contributed by atoms with van der Waals surface area (Å²) < 4.78 is 10.9. The summed E-state index contributed by atoms with van der Waals surface area (Å²) in [5, 5.41) is 16.2. The standard InChI is InChI=1S/C20H19N3O5/c1-3-27-17-11-5-14(6-12-17)13-18-19(28-4-2)21-22(20(18)24)15-7-9-16(10-8-15)23(25)26/h5-13H,3-4H2,1-2H3/b18-13+. The molecule has 0 N–H and O–H groups in total. The summed E-state index contributed by atoms with van der Waals surface area (Å²) in [7, 11) is 0. The van der Waals surface area contributed by atoms with Crippen molar-refractivity contribution in [1.82, 2.24) is 0 Å². The van der Waals surface area contributed by atoms with Gasteiger partial charge >= 0.3 is 0 Å². The number of hydrazone groups is 1. The van der Waals surface area contributed by atoms with E-state index in [1.54, 1.807) is 13.0 Å². The van der Waals surface area contributed by atoms with E-state index >= 15 is 0 Å². The van der Waals surface area contributed by atoms with Crippen molar-refractivity contribution in [2.24, 2.45) is 5.10 Å². The second-order valence-electron chi connectivity index (χ2n) is 5.79. The van der Waals surface area contributed by atoms with Crippen LogP contribution in [-0.2, 0) is 9.53 Å². The van der Waals surface area contributed by atoms with Crippen LogP contribution in [0.1, 0.15) is 19.4 Å². The third-order valence-corrected chi connectivity index (χ3v) is 3.93. The number of nitro benzene ring substituents is 1. The Morgan fingerprint density at radius 1 is 1.04 bits per heavy atom. The molecule has 1 aliphatic rings. The predicted molar refractivity (Wildman–Crippen MR) is 105 cm³/mol. The summed E-state index contributed by atoms with van der Waals surface area (Å²) in [5.74, 6) is 0.583. The quantitative estimate of drug-likeness (QED) is 0.431. The van der Waals surface area contributed by atoms with E-state index in [0.717, 1.165) is 11.3 Å². The SMILES string of the molecule is CCOC1=NN(c2ccc([N+](=O)[O-])cc2)C(=O)/C1=C/c1ccc(OCC)cc1. The molecule has 3 rings (SSSR count). The van der Waals surface area contributed by atoms with E-state index in [9.17, 15) is 14.9 Å². The lowest BCUT2D eigenvalue weighted by molar-refractivity contribution is -0.384. The summed E-state index contributed by atoms with van der Waals surface area (Å²) >= 11 is 0. The summed E-state index contributed by atoms with van der Waals surface area (Å²) in [6.07, 6.45) is 1.69. The average Bonchev–Trinajstić information content (AvgIpc) is 3.00. The van der Waals surface area contributed by atoms with Gasteiger partial charge in [0.1, 0.15) is 11.3 Å². The number of ether oxygens (including phenoxy) is 2. The van der Waals surface area contributed by atoms with Crippen molar-refractivity contribution in [1.29, 1.82) is 0 Å². The van der Waals surface area contributed by atoms with E-state index < -0.39 is 4.92 Å². The fraction of sp³-hybridized carbons (Fsp3) is 0.200. The molecule has 144 valence electrons. The normalized spacial score (nSPS) is 14.9. The van der Waals surface area contributed by atoms with E-state index in [-0.39, 0.29) is 17.5 Å². The number of hydrogen-bond acceptors (Lipinski definition) is 6. The molecule has 1 aliphatic heterocycles. The second kappa shape index (κ2) is 8.34. The minimum atomic E-state index is -0.498. The van der Waals surface area contributed by atoms with Gasteiger partial charge in [-0.1, -0.05) is 12.1 Å². The molecule has 0 saturated carbocycles. The predicted octanol–water partition coefficient (Wildman–Crippen LogP) is 3.77. The molecule has 0 fully saturated rings. The van der Waals surface area contributed by atoms with E-state index in [1.165, 1.54) is 29.3 Å². The Morgan fingerprint density at radius 3 is 2.25 bits per heavy atom. The highest BCUT2D eigenvalue weighted by Crippen LogP contribution is 2.27. The van der Waals surface area contributed by atoms with Gasteiger partial charge in [0.2, 0.25) is 5.90 Å². The van der Waals surface area contributed by atoms with Gasteiger partial charge in [-0.15, -0.1) is 5.10 Å². The molecule has 8 heteroatoms. The maximum absolute atomic E-state index is 12.9. The van der Waals surface area contributed by atoms with Crippen LogP contribution in [0.2, 0.25) is 0 Å². The summed E-state index contributed by atoms with van der Waals surface area (Å²) in [6, 6.07) is 12.9. The van der Waals surface area contributed by atoms with Gasteiger partial charge < -0.3 is 9.47 Å². The van der Waals surface area contributed by atoms with Gasteiger partial charge in [0.25, 0.3) is 11.6 Å². The van der Waals surface area contributed by atoms with Crippen molar-refractivity contribution in [2.45, 2.75) is 13.8 Å². The monoisotopic (exact) mass is 381 g/mol. The molecular weight excluding hydrogens is 362 g/mol. The lowest BCUT2D eigenvalue weighted by Crippen LogP contribution is -2.21. The van der Waals surface area contributed by atoms with Crippen molar-refractivity contribution in [3.05, 3.63) is 69.8 Å². The molecule has 0 aliphatic carbocycles. The minimum absolute atomic E-state index is 0.0606. The van der Waals surface area contributed by atoms with Crippen LogP contribution in [-0.4, -0.2) is 29.9 Å². The molecule has 2 aromatic rings. The zero-order valence-corrected chi connectivity index (χ0v) is 15.5. The van der Waals surface area contributed by atoms with E-state index in [0.29, 0.717) is 24.5 Å². The van der Waals surface area contributed by atoms with Crippen LogP contribution in [0.4, 0.5) is 11.4 Å². The van der Waals surface area contributed by atoms with Gasteiger partial charge in [0, 0.05) is 12.1 Å². The number of anilines is 1. The number of nitro groups is 1. The lowest BCUT2D eigenvalue weighted by Gasteiger charge is -2.10. The number of nitrogens with zero attached hydrogens (tertiary/aromatic N) is 3. The first-order valence-electron chi connectivity index (χ1n) is 8.78. The number of non-ortho nitro benzene ring substituents is 1. The highest BCUT2D eigenvalue weighted by molar-refractivity contribution is 6.30. The van der Waals surface area contributed by atoms with Crippen molar-refractivity contribution in [3.63, 3.8) is 0 Å². The van der Waals surface area contributed by atoms with Crippen LogP contribution < -0.4 is 9.75 Å². The summed E-state index contributed by atoms with van der Waals surface area (Å²) in [4.78, 5) is 23.2. The van der Waals surface area contributed by atoms with Gasteiger partial charge in [-0.3, -0.25) is 14.9 Å². The molecule has 0 unspecified atom stereocenters. The van der Waals surface area contributed by atoms with Crippen LogP contribution in [0, 0.1) is 10.1 Å². The maximum Gasteiger partial charge on any atom is 0.284 e. The molecule has 2 aromatic carbocycles. The first-order valence-corrected chi connectivity index (χ1v) is 8.78. The Kier molecular flexibility index (Phi) is 5.69. The van der Waals surface area contributed by atoms with Gasteiger partial charge in [-0.25, -0.2) is 0 Å². The molecule has 0 spiro atoms. The Balaban J connectivity index is 1.90. The van der Waals surface area contributed by atoms with E-state index in [2.05, 4.69) is 5.10 Å². The molecule has 1 amide bonds.